The summed E-state index contributed by atoms with van der Waals surface area (Å²) < 4.78 is 4.62. The lowest BCUT2D eigenvalue weighted by Gasteiger charge is -2.25. The lowest BCUT2D eigenvalue weighted by molar-refractivity contribution is -0.656. The maximum absolute atomic E-state index is 12.7. The molecule has 8 nitrogen and oxygen atoms in total. The van der Waals surface area contributed by atoms with E-state index >= 15 is 0 Å². The van der Waals surface area contributed by atoms with Crippen LogP contribution in [0.1, 0.15) is 43.3 Å². The molecule has 12 rings (SSSR count). The Balaban J connectivity index is 0.000000150. The van der Waals surface area contributed by atoms with Crippen molar-refractivity contribution in [2.75, 3.05) is 22.9 Å². The van der Waals surface area contributed by atoms with Crippen molar-refractivity contribution in [3.8, 4) is 0 Å². The molecule has 0 spiro atoms. The Morgan fingerprint density at radius 2 is 1.17 bits per heavy atom. The van der Waals surface area contributed by atoms with Gasteiger partial charge in [0.25, 0.3) is 0 Å². The van der Waals surface area contributed by atoms with Crippen LogP contribution in [0, 0.1) is 0 Å². The Kier molecular flexibility index (Phi) is 23.0. The topological polar surface area (TPSA) is 97.8 Å². The van der Waals surface area contributed by atoms with Gasteiger partial charge in [0, 0.05) is 52.1 Å². The summed E-state index contributed by atoms with van der Waals surface area (Å²) in [7, 11) is 0. The highest BCUT2D eigenvalue weighted by molar-refractivity contribution is 8.04. The van der Waals surface area contributed by atoms with Gasteiger partial charge in [0.05, 0.1) is 21.6 Å². The molecule has 0 fully saturated rings. The number of halogens is 1. The number of aromatic nitrogens is 2. The molecule has 0 amide bonds. The number of hydrogen-bond acceptors (Lipinski definition) is 11. The van der Waals surface area contributed by atoms with E-state index < -0.39 is 5.60 Å². The van der Waals surface area contributed by atoms with Crippen molar-refractivity contribution in [3.05, 3.63) is 307 Å². The van der Waals surface area contributed by atoms with Crippen molar-refractivity contribution in [1.82, 2.24) is 4.98 Å². The molecule has 0 saturated carbocycles. The first-order valence-corrected chi connectivity index (χ1v) is 29.2. The molecule has 2 unspecified atom stereocenters. The van der Waals surface area contributed by atoms with Crippen LogP contribution in [-0.4, -0.2) is 45.7 Å². The highest BCUT2D eigenvalue weighted by Crippen LogP contribution is 2.48. The van der Waals surface area contributed by atoms with Crippen molar-refractivity contribution in [2.45, 2.75) is 33.7 Å². The molecule has 2 aromatic heterocycles. The number of aliphatic hydroxyl groups excluding tert-OH is 1. The summed E-state index contributed by atoms with van der Waals surface area (Å²) in [5, 5.41) is 23.1. The minimum absolute atomic E-state index is 0. The molecule has 4 heterocycles. The molecule has 2 atom stereocenters. The summed E-state index contributed by atoms with van der Waals surface area (Å²) in [5.41, 5.74) is 8.64. The van der Waals surface area contributed by atoms with Gasteiger partial charge in [-0.25, -0.2) is 4.98 Å². The number of benzene rings is 8. The van der Waals surface area contributed by atoms with E-state index in [0.29, 0.717) is 30.3 Å². The Bertz CT molecular complexity index is 3670. The first-order valence-electron chi connectivity index (χ1n) is 25.8. The lowest BCUT2D eigenvalue weighted by Crippen LogP contribution is -3.00. The standard InChI is InChI=1S/3C17H15NOS.C10H10NS.C7H6O.BrH/c1-2-12-17(19,13-8-4-3-5-9-13)16-18-14-10-6-7-11-15(14)20-16;2*1-2-12-18-14-10-6-7-11-15(14)20-17(18)16(19)13-8-4-3-5-9-13;1-2-7-11-8-12-10-6-4-3-5-9(10)11;8-6-7-4-2-1-3-5-7;/h2*2-11,19H,1,12H2;2-11,17H,1,12H2;2-6,8H,1,7H2;1-6H;1H/q;;;+1;;/p-1/b;17-16+;;;;. The molecule has 0 aliphatic carbocycles. The second-order valence-corrected chi connectivity index (χ2v) is 22.0. The first kappa shape index (κ1) is 60.8. The molecule has 0 saturated heterocycles. The first-order chi connectivity index (χ1) is 39.2. The molecule has 13 heteroatoms. The summed E-state index contributed by atoms with van der Waals surface area (Å²) in [6.45, 7) is 17.3. The molecule has 81 heavy (non-hydrogen) atoms. The van der Waals surface area contributed by atoms with Crippen molar-refractivity contribution >= 4 is 95.8 Å². The zero-order valence-corrected chi connectivity index (χ0v) is 49.3. The van der Waals surface area contributed by atoms with E-state index in [1.54, 1.807) is 53.1 Å². The van der Waals surface area contributed by atoms with E-state index in [0.717, 1.165) is 71.5 Å². The second-order valence-electron chi connectivity index (χ2n) is 18.0. The van der Waals surface area contributed by atoms with Crippen LogP contribution in [0.3, 0.4) is 0 Å². The maximum atomic E-state index is 12.7. The number of carbonyl (C=O) groups excluding carboxylic acids is 2. The molecular weight excluding hydrogens is 1140 g/mol. The number of ketones is 1. The Morgan fingerprint density at radius 3 is 1.79 bits per heavy atom. The number of carbonyl (C=O) groups is 2. The van der Waals surface area contributed by atoms with Crippen LogP contribution in [0.15, 0.2) is 289 Å². The number of allylic oxidation sites excluding steroid dienone is 1. The van der Waals surface area contributed by atoms with Crippen molar-refractivity contribution in [3.63, 3.8) is 0 Å². The van der Waals surface area contributed by atoms with Gasteiger partial charge in [-0.1, -0.05) is 230 Å². The summed E-state index contributed by atoms with van der Waals surface area (Å²) in [5.74, 6) is 0.460. The highest BCUT2D eigenvalue weighted by atomic mass is 79.9. The smallest absolute Gasteiger partial charge is 0.226 e. The number of nitrogens with zero attached hydrogens (tertiary/aromatic N) is 4. The van der Waals surface area contributed by atoms with E-state index in [9.17, 15) is 19.8 Å². The largest absolute Gasteiger partial charge is 1.00 e. The quantitative estimate of drug-likeness (QED) is 0.0363. The molecule has 8 aromatic carbocycles. The number of thiazole rings is 2. The van der Waals surface area contributed by atoms with Crippen LogP contribution in [0.25, 0.3) is 26.2 Å². The molecule has 0 radical (unpaired) electrons. The number of anilines is 2. The van der Waals surface area contributed by atoms with Crippen LogP contribution < -0.4 is 31.3 Å². The Morgan fingerprint density at radius 1 is 0.617 bits per heavy atom. The van der Waals surface area contributed by atoms with E-state index in [1.807, 2.05) is 176 Å². The van der Waals surface area contributed by atoms with E-state index in [1.165, 1.54) is 21.6 Å². The van der Waals surface area contributed by atoms with Crippen LogP contribution in [-0.2, 0) is 12.1 Å². The molecule has 10 aromatic rings. The average Bonchev–Trinajstić information content (AvgIpc) is 4.42. The van der Waals surface area contributed by atoms with E-state index in [-0.39, 0.29) is 28.1 Å². The van der Waals surface area contributed by atoms with Crippen molar-refractivity contribution in [1.29, 1.82) is 0 Å². The van der Waals surface area contributed by atoms with Crippen LogP contribution in [0.2, 0.25) is 0 Å². The molecule has 2 N–H and O–H groups in total. The van der Waals surface area contributed by atoms with Gasteiger partial charge in [0.15, 0.2) is 18.1 Å². The SMILES string of the molecule is C=CCC(O)(c1ccccc1)c1nc2ccccc2s1.C=CCN1/C(=C(\O)c2ccccc2)Sc2ccccc21.C=CCN1c2ccccc2SC1C(=O)c1ccccc1.C=CC[n+]1csc2ccccc21.O=Cc1ccccc1.[Br-]. The van der Waals surface area contributed by atoms with Gasteiger partial charge in [-0.3, -0.25) is 9.59 Å². The van der Waals surface area contributed by atoms with E-state index in [2.05, 4.69) is 99.7 Å². The van der Waals surface area contributed by atoms with Gasteiger partial charge in [0.1, 0.15) is 32.0 Å². The number of aldehydes is 1. The molecule has 0 bridgehead atoms. The molecule has 2 aliphatic heterocycles. The third-order valence-corrected chi connectivity index (χ3v) is 17.2. The van der Waals surface area contributed by atoms with Crippen molar-refractivity contribution < 1.29 is 41.4 Å². The fourth-order valence-electron chi connectivity index (χ4n) is 8.70. The summed E-state index contributed by atoms with van der Waals surface area (Å²) in [6.07, 6.45) is 8.62. The van der Waals surface area contributed by atoms with Crippen molar-refractivity contribution in [2.24, 2.45) is 0 Å². The number of Topliss-reactive ketones (excluding diaryl/α,β-unsaturated/α-hetero) is 1. The number of aliphatic hydroxyl groups is 2. The fraction of sp³-hybridized carbons (Fsp3) is 0.0882. The predicted octanol–water partition coefficient (Wildman–Crippen LogP) is 13.6. The van der Waals surface area contributed by atoms with E-state index in [4.69, 9.17) is 0 Å². The number of thioether (sulfide) groups is 2. The fourth-order valence-corrected chi connectivity index (χ4v) is 13.1. The van der Waals surface area contributed by atoms with Gasteiger partial charge in [-0.05, 0) is 54.1 Å². The molecule has 408 valence electrons. The number of para-hydroxylation sites is 4. The monoisotopic (exact) mass is 1200 g/mol. The number of fused-ring (bicyclic) bond motifs is 4. The third-order valence-electron chi connectivity index (χ3n) is 12.6. The van der Waals surface area contributed by atoms with Gasteiger partial charge >= 0.3 is 0 Å². The number of rotatable bonds is 14. The third kappa shape index (κ3) is 15.3. The predicted molar refractivity (Wildman–Crippen MR) is 338 cm³/mol. The van der Waals surface area contributed by atoms with Gasteiger partial charge < -0.3 is 37.0 Å². The number of hydrogen-bond donors (Lipinski definition) is 2. The summed E-state index contributed by atoms with van der Waals surface area (Å²) in [4.78, 5) is 33.8. The van der Waals surface area contributed by atoms with Gasteiger partial charge in [0.2, 0.25) is 11.0 Å². The zero-order chi connectivity index (χ0) is 56.1. The molecule has 2 aliphatic rings. The summed E-state index contributed by atoms with van der Waals surface area (Å²) in [6, 6.07) is 70.5. The van der Waals surface area contributed by atoms with Gasteiger partial charge in [-0.2, -0.15) is 4.57 Å². The zero-order valence-electron chi connectivity index (χ0n) is 44.5. The molecular formula is C68H61BrN4O4S4. The highest BCUT2D eigenvalue weighted by Gasteiger charge is 2.36. The maximum Gasteiger partial charge on any atom is 0.226 e. The normalized spacial score (nSPS) is 13.9. The van der Waals surface area contributed by atoms with Gasteiger partial charge in [-0.15, -0.1) is 31.1 Å². The minimum atomic E-state index is -1.10. The minimum Gasteiger partial charge on any atom is -1.00 e. The Hall–Kier alpha value is -7.88. The summed E-state index contributed by atoms with van der Waals surface area (Å²) >= 11 is 6.51. The Labute approximate surface area is 501 Å². The van der Waals surface area contributed by atoms with Crippen LogP contribution >= 0.6 is 46.2 Å². The van der Waals surface area contributed by atoms with Crippen LogP contribution in [0.4, 0.5) is 11.4 Å². The van der Waals surface area contributed by atoms with Crippen LogP contribution in [0.5, 0.6) is 0 Å². The second kappa shape index (κ2) is 30.6. The average molecular weight is 1210 g/mol. The lowest BCUT2D eigenvalue weighted by atomic mass is 9.91.